The summed E-state index contributed by atoms with van der Waals surface area (Å²) < 4.78 is 0.675. The summed E-state index contributed by atoms with van der Waals surface area (Å²) in [6, 6.07) is 8.89. The number of rotatable bonds is 2. The van der Waals surface area contributed by atoms with Gasteiger partial charge in [-0.2, -0.15) is 0 Å². The SMILES string of the molecule is O=C(Nc1ccc(Cl)c(O)c1)c1cc(Br)ccc1O. The number of hydrogen-bond acceptors (Lipinski definition) is 3. The molecule has 0 unspecified atom stereocenters. The van der Waals surface area contributed by atoms with Gasteiger partial charge in [-0.15, -0.1) is 0 Å². The summed E-state index contributed by atoms with van der Waals surface area (Å²) in [5.74, 6) is -0.739. The lowest BCUT2D eigenvalue weighted by Gasteiger charge is -2.08. The molecule has 0 fully saturated rings. The maximum absolute atomic E-state index is 12.0. The van der Waals surface area contributed by atoms with E-state index in [0.29, 0.717) is 10.2 Å². The van der Waals surface area contributed by atoms with Crippen LogP contribution in [0, 0.1) is 0 Å². The van der Waals surface area contributed by atoms with Crippen molar-refractivity contribution in [2.45, 2.75) is 0 Å². The first-order valence-electron chi connectivity index (χ1n) is 5.26. The van der Waals surface area contributed by atoms with Crippen molar-refractivity contribution in [1.82, 2.24) is 0 Å². The highest BCUT2D eigenvalue weighted by Crippen LogP contribution is 2.27. The van der Waals surface area contributed by atoms with Gasteiger partial charge in [0.25, 0.3) is 5.91 Å². The van der Waals surface area contributed by atoms with Crippen LogP contribution in [0.4, 0.5) is 5.69 Å². The van der Waals surface area contributed by atoms with Crippen molar-refractivity contribution >= 4 is 39.1 Å². The van der Waals surface area contributed by atoms with Crippen molar-refractivity contribution in [2.75, 3.05) is 5.32 Å². The van der Waals surface area contributed by atoms with E-state index in [2.05, 4.69) is 21.2 Å². The summed E-state index contributed by atoms with van der Waals surface area (Å²) in [5, 5.41) is 21.8. The topological polar surface area (TPSA) is 69.6 Å². The fourth-order valence-corrected chi connectivity index (χ4v) is 1.96. The number of carbonyl (C=O) groups excluding carboxylic acids is 1. The molecule has 0 aliphatic heterocycles. The van der Waals surface area contributed by atoms with E-state index >= 15 is 0 Å². The number of halogens is 2. The molecule has 0 aliphatic carbocycles. The Bertz CT molecular complexity index is 646. The van der Waals surface area contributed by atoms with Crippen molar-refractivity contribution < 1.29 is 15.0 Å². The summed E-state index contributed by atoms with van der Waals surface area (Å²) >= 11 is 8.89. The van der Waals surface area contributed by atoms with Crippen molar-refractivity contribution in [1.29, 1.82) is 0 Å². The molecule has 0 heterocycles. The van der Waals surface area contributed by atoms with Gasteiger partial charge in [0, 0.05) is 16.2 Å². The van der Waals surface area contributed by atoms with Crippen molar-refractivity contribution in [3.63, 3.8) is 0 Å². The maximum atomic E-state index is 12.0. The first-order valence-corrected chi connectivity index (χ1v) is 6.43. The average molecular weight is 343 g/mol. The molecule has 0 spiro atoms. The zero-order valence-electron chi connectivity index (χ0n) is 9.52. The van der Waals surface area contributed by atoms with Gasteiger partial charge in [0.1, 0.15) is 11.5 Å². The highest BCUT2D eigenvalue weighted by molar-refractivity contribution is 9.10. The first kappa shape index (κ1) is 13.7. The third kappa shape index (κ3) is 3.19. The number of anilines is 1. The molecule has 2 aromatic carbocycles. The molecule has 19 heavy (non-hydrogen) atoms. The molecule has 98 valence electrons. The zero-order valence-corrected chi connectivity index (χ0v) is 11.9. The van der Waals surface area contributed by atoms with E-state index in [9.17, 15) is 15.0 Å². The zero-order chi connectivity index (χ0) is 14.0. The Hall–Kier alpha value is -1.72. The van der Waals surface area contributed by atoms with Gasteiger partial charge in [0.2, 0.25) is 0 Å². The summed E-state index contributed by atoms with van der Waals surface area (Å²) in [6.07, 6.45) is 0. The van der Waals surface area contributed by atoms with Crippen LogP contribution in [0.5, 0.6) is 11.5 Å². The van der Waals surface area contributed by atoms with Crippen LogP contribution >= 0.6 is 27.5 Å². The summed E-state index contributed by atoms with van der Waals surface area (Å²) in [4.78, 5) is 12.0. The summed E-state index contributed by atoms with van der Waals surface area (Å²) in [5.41, 5.74) is 0.509. The van der Waals surface area contributed by atoms with Gasteiger partial charge in [-0.1, -0.05) is 27.5 Å². The molecular formula is C13H9BrClNO3. The van der Waals surface area contributed by atoms with Crippen LogP contribution < -0.4 is 5.32 Å². The van der Waals surface area contributed by atoms with Crippen LogP contribution in [0.25, 0.3) is 0 Å². The molecule has 4 nitrogen and oxygen atoms in total. The second-order valence-electron chi connectivity index (χ2n) is 3.78. The van der Waals surface area contributed by atoms with Gasteiger partial charge in [0.05, 0.1) is 10.6 Å². The standard InChI is InChI=1S/C13H9BrClNO3/c14-7-1-4-11(17)9(5-7)13(19)16-8-2-3-10(15)12(18)6-8/h1-6,17-18H,(H,16,19). The quantitative estimate of drug-likeness (QED) is 0.778. The smallest absolute Gasteiger partial charge is 0.259 e. The number of aromatic hydroxyl groups is 2. The lowest BCUT2D eigenvalue weighted by Crippen LogP contribution is -2.12. The molecular weight excluding hydrogens is 334 g/mol. The Morgan fingerprint density at radius 1 is 1.11 bits per heavy atom. The minimum Gasteiger partial charge on any atom is -0.507 e. The third-order valence-corrected chi connectivity index (χ3v) is 3.22. The average Bonchev–Trinajstić information content (AvgIpc) is 2.36. The lowest BCUT2D eigenvalue weighted by atomic mass is 10.2. The number of hydrogen-bond donors (Lipinski definition) is 3. The fraction of sp³-hybridized carbons (Fsp3) is 0. The monoisotopic (exact) mass is 341 g/mol. The van der Waals surface area contributed by atoms with E-state index in [-0.39, 0.29) is 22.1 Å². The fourth-order valence-electron chi connectivity index (χ4n) is 1.48. The van der Waals surface area contributed by atoms with Crippen LogP contribution in [0.3, 0.4) is 0 Å². The number of nitrogens with one attached hydrogen (secondary N) is 1. The Kier molecular flexibility index (Phi) is 3.97. The molecule has 0 radical (unpaired) electrons. The molecule has 3 N–H and O–H groups in total. The predicted molar refractivity (Wildman–Crippen MR) is 76.9 cm³/mol. The normalized spacial score (nSPS) is 10.2. The first-order chi connectivity index (χ1) is 8.97. The molecule has 2 aromatic rings. The minimum atomic E-state index is -0.486. The Balaban J connectivity index is 2.25. The Labute approximate surface area is 122 Å². The van der Waals surface area contributed by atoms with Gasteiger partial charge in [-0.25, -0.2) is 0 Å². The highest BCUT2D eigenvalue weighted by atomic mass is 79.9. The van der Waals surface area contributed by atoms with E-state index in [1.54, 1.807) is 12.1 Å². The van der Waals surface area contributed by atoms with Crippen LogP contribution in [-0.2, 0) is 0 Å². The number of carbonyl (C=O) groups is 1. The van der Waals surface area contributed by atoms with E-state index in [4.69, 9.17) is 11.6 Å². The van der Waals surface area contributed by atoms with Crippen LogP contribution in [0.1, 0.15) is 10.4 Å². The van der Waals surface area contributed by atoms with Crippen LogP contribution in [0.15, 0.2) is 40.9 Å². The van der Waals surface area contributed by atoms with Gasteiger partial charge >= 0.3 is 0 Å². The third-order valence-electron chi connectivity index (χ3n) is 2.41. The van der Waals surface area contributed by atoms with E-state index in [1.165, 1.54) is 24.3 Å². The summed E-state index contributed by atoms with van der Waals surface area (Å²) in [6.45, 7) is 0. The molecule has 0 aliphatic rings. The predicted octanol–water partition coefficient (Wildman–Crippen LogP) is 3.77. The largest absolute Gasteiger partial charge is 0.507 e. The van der Waals surface area contributed by atoms with Crippen LogP contribution in [-0.4, -0.2) is 16.1 Å². The molecule has 2 rings (SSSR count). The maximum Gasteiger partial charge on any atom is 0.259 e. The lowest BCUT2D eigenvalue weighted by molar-refractivity contribution is 0.102. The van der Waals surface area contributed by atoms with Gasteiger partial charge in [-0.3, -0.25) is 4.79 Å². The van der Waals surface area contributed by atoms with Crippen LogP contribution in [0.2, 0.25) is 5.02 Å². The second kappa shape index (κ2) is 5.50. The number of benzene rings is 2. The number of phenolic OH excluding ortho intramolecular Hbond substituents is 2. The molecule has 1 amide bonds. The second-order valence-corrected chi connectivity index (χ2v) is 5.10. The van der Waals surface area contributed by atoms with Gasteiger partial charge in [-0.05, 0) is 30.3 Å². The molecule has 0 saturated carbocycles. The van der Waals surface area contributed by atoms with E-state index in [1.807, 2.05) is 0 Å². The highest BCUT2D eigenvalue weighted by Gasteiger charge is 2.12. The Morgan fingerprint density at radius 2 is 1.84 bits per heavy atom. The number of phenols is 2. The molecule has 0 bridgehead atoms. The Morgan fingerprint density at radius 3 is 2.53 bits per heavy atom. The molecule has 0 atom stereocenters. The van der Waals surface area contributed by atoms with Crippen molar-refractivity contribution in [3.05, 3.63) is 51.5 Å². The van der Waals surface area contributed by atoms with Gasteiger partial charge in [0.15, 0.2) is 0 Å². The molecule has 6 heteroatoms. The molecule has 0 saturated heterocycles. The van der Waals surface area contributed by atoms with Crippen molar-refractivity contribution in [2.24, 2.45) is 0 Å². The molecule has 0 aromatic heterocycles. The van der Waals surface area contributed by atoms with E-state index < -0.39 is 5.91 Å². The summed E-state index contributed by atoms with van der Waals surface area (Å²) in [7, 11) is 0. The van der Waals surface area contributed by atoms with E-state index in [0.717, 1.165) is 0 Å². The van der Waals surface area contributed by atoms with Gasteiger partial charge < -0.3 is 15.5 Å². The minimum absolute atomic E-state index is 0.126. The number of amides is 1. The van der Waals surface area contributed by atoms with Crippen molar-refractivity contribution in [3.8, 4) is 11.5 Å².